The second-order valence-corrected chi connectivity index (χ2v) is 5.62. The third-order valence-corrected chi connectivity index (χ3v) is 3.58. The lowest BCUT2D eigenvalue weighted by Gasteiger charge is -2.20. The number of para-hydroxylation sites is 1. The van der Waals surface area contributed by atoms with Crippen molar-refractivity contribution in [3.05, 3.63) is 36.1 Å². The van der Waals surface area contributed by atoms with E-state index in [9.17, 15) is 0 Å². The van der Waals surface area contributed by atoms with Gasteiger partial charge in [-0.3, -0.25) is 0 Å². The Kier molecular flexibility index (Phi) is 7.72. The van der Waals surface area contributed by atoms with Gasteiger partial charge in [0.2, 0.25) is 0 Å². The molecule has 0 aliphatic heterocycles. The Morgan fingerprint density at radius 1 is 1.23 bits per heavy atom. The molecule has 1 atom stereocenters. The molecule has 1 unspecified atom stereocenters. The molecule has 1 aromatic carbocycles. The van der Waals surface area contributed by atoms with Crippen molar-refractivity contribution in [1.29, 1.82) is 0 Å². The van der Waals surface area contributed by atoms with Gasteiger partial charge >= 0.3 is 0 Å². The molecule has 2 aromatic rings. The van der Waals surface area contributed by atoms with Crippen molar-refractivity contribution in [2.45, 2.75) is 40.3 Å². The van der Waals surface area contributed by atoms with Gasteiger partial charge in [0.25, 0.3) is 0 Å². The number of aliphatic imine (C=N–C) groups is 1. The maximum absolute atomic E-state index is 5.79. The Bertz CT molecular complexity index is 574. The quantitative estimate of drug-likeness (QED) is 0.438. The van der Waals surface area contributed by atoms with E-state index in [0.717, 1.165) is 29.2 Å². The molecule has 1 heterocycles. The van der Waals surface area contributed by atoms with Gasteiger partial charge in [0.15, 0.2) is 5.96 Å². The lowest BCUT2D eigenvalue weighted by molar-refractivity contribution is 0.480. The van der Waals surface area contributed by atoms with E-state index in [0.29, 0.717) is 18.5 Å². The van der Waals surface area contributed by atoms with Crippen LogP contribution in [0.2, 0.25) is 0 Å². The molecular weight excluding hydrogens is 389 g/mol. The lowest BCUT2D eigenvalue weighted by Crippen LogP contribution is -2.44. The number of hydrogen-bond acceptors (Lipinski definition) is 2. The largest absolute Gasteiger partial charge is 0.459 e. The van der Waals surface area contributed by atoms with Crippen LogP contribution in [0.4, 0.5) is 0 Å². The van der Waals surface area contributed by atoms with Crippen LogP contribution in [0.5, 0.6) is 0 Å². The third-order valence-electron chi connectivity index (χ3n) is 3.58. The van der Waals surface area contributed by atoms with Crippen molar-refractivity contribution in [2.75, 3.05) is 6.54 Å². The minimum atomic E-state index is 0. The van der Waals surface area contributed by atoms with Crippen LogP contribution in [0.1, 0.15) is 33.5 Å². The second-order valence-electron chi connectivity index (χ2n) is 5.62. The number of rotatable bonds is 5. The van der Waals surface area contributed by atoms with Crippen LogP contribution in [0.3, 0.4) is 0 Å². The van der Waals surface area contributed by atoms with Gasteiger partial charge in [-0.1, -0.05) is 32.0 Å². The first-order chi connectivity index (χ1) is 10.1. The molecule has 0 fully saturated rings. The molecule has 0 amide bonds. The fourth-order valence-electron chi connectivity index (χ4n) is 1.97. The molecule has 2 rings (SSSR count). The van der Waals surface area contributed by atoms with Gasteiger partial charge in [-0.05, 0) is 31.9 Å². The molecular formula is C17H26IN3O. The van der Waals surface area contributed by atoms with Crippen LogP contribution >= 0.6 is 24.0 Å². The Morgan fingerprint density at radius 2 is 1.95 bits per heavy atom. The molecule has 5 heteroatoms. The van der Waals surface area contributed by atoms with Crippen LogP contribution in [0.15, 0.2) is 39.7 Å². The monoisotopic (exact) mass is 415 g/mol. The van der Waals surface area contributed by atoms with Gasteiger partial charge in [0.05, 0.1) is 0 Å². The van der Waals surface area contributed by atoms with Crippen LogP contribution in [-0.4, -0.2) is 18.5 Å². The van der Waals surface area contributed by atoms with E-state index in [2.05, 4.69) is 49.4 Å². The fraction of sp³-hybridized carbons (Fsp3) is 0.471. The summed E-state index contributed by atoms with van der Waals surface area (Å²) < 4.78 is 5.79. The number of furan rings is 1. The first-order valence-electron chi connectivity index (χ1n) is 7.62. The first-order valence-corrected chi connectivity index (χ1v) is 7.62. The number of nitrogens with one attached hydrogen (secondary N) is 2. The van der Waals surface area contributed by atoms with Gasteiger partial charge in [-0.2, -0.15) is 0 Å². The van der Waals surface area contributed by atoms with Crippen molar-refractivity contribution in [1.82, 2.24) is 10.6 Å². The number of halogens is 1. The molecule has 22 heavy (non-hydrogen) atoms. The summed E-state index contributed by atoms with van der Waals surface area (Å²) in [6, 6.07) is 10.5. The van der Waals surface area contributed by atoms with Gasteiger partial charge < -0.3 is 15.1 Å². The van der Waals surface area contributed by atoms with Crippen LogP contribution in [0.25, 0.3) is 11.0 Å². The van der Waals surface area contributed by atoms with Crippen molar-refractivity contribution < 1.29 is 4.42 Å². The van der Waals surface area contributed by atoms with E-state index < -0.39 is 0 Å². The standard InChI is InChI=1S/C17H25N3O.HI/c1-5-18-17(20-13(4)12(2)3)19-11-15-10-14-8-6-7-9-16(14)21-15;/h6-10,12-13H,5,11H2,1-4H3,(H2,18,19,20);1H. The highest BCUT2D eigenvalue weighted by Crippen LogP contribution is 2.19. The Hall–Kier alpha value is -1.24. The summed E-state index contributed by atoms with van der Waals surface area (Å²) in [7, 11) is 0. The summed E-state index contributed by atoms with van der Waals surface area (Å²) in [5.41, 5.74) is 0.913. The summed E-state index contributed by atoms with van der Waals surface area (Å²) >= 11 is 0. The maximum atomic E-state index is 5.79. The smallest absolute Gasteiger partial charge is 0.191 e. The van der Waals surface area contributed by atoms with Crippen LogP contribution in [0, 0.1) is 5.92 Å². The molecule has 0 aliphatic carbocycles. The highest BCUT2D eigenvalue weighted by molar-refractivity contribution is 14.0. The zero-order valence-corrected chi connectivity index (χ0v) is 16.0. The molecule has 4 nitrogen and oxygen atoms in total. The molecule has 0 aliphatic rings. The van der Waals surface area contributed by atoms with Crippen LogP contribution < -0.4 is 10.6 Å². The Labute approximate surface area is 149 Å². The van der Waals surface area contributed by atoms with Crippen LogP contribution in [-0.2, 0) is 6.54 Å². The molecule has 0 radical (unpaired) electrons. The predicted molar refractivity (Wildman–Crippen MR) is 104 cm³/mol. The summed E-state index contributed by atoms with van der Waals surface area (Å²) in [4.78, 5) is 4.60. The van der Waals surface area contributed by atoms with Crippen molar-refractivity contribution in [2.24, 2.45) is 10.9 Å². The van der Waals surface area contributed by atoms with E-state index in [1.165, 1.54) is 0 Å². The second kappa shape index (κ2) is 9.02. The normalized spacial score (nSPS) is 13.0. The topological polar surface area (TPSA) is 49.6 Å². The van der Waals surface area contributed by atoms with Crippen molar-refractivity contribution in [3.63, 3.8) is 0 Å². The summed E-state index contributed by atoms with van der Waals surface area (Å²) in [6.45, 7) is 10.0. The molecule has 0 saturated carbocycles. The SMILES string of the molecule is CCNC(=NCc1cc2ccccc2o1)NC(C)C(C)C.I. The molecule has 0 bridgehead atoms. The minimum absolute atomic E-state index is 0. The van der Waals surface area contributed by atoms with E-state index in [1.807, 2.05) is 24.3 Å². The highest BCUT2D eigenvalue weighted by atomic mass is 127. The first kappa shape index (κ1) is 18.8. The lowest BCUT2D eigenvalue weighted by atomic mass is 10.1. The number of guanidine groups is 1. The van der Waals surface area contributed by atoms with Crippen molar-refractivity contribution in [3.8, 4) is 0 Å². The number of benzene rings is 1. The average molecular weight is 415 g/mol. The molecule has 0 spiro atoms. The van der Waals surface area contributed by atoms with Gasteiger partial charge in [-0.25, -0.2) is 4.99 Å². The molecule has 2 N–H and O–H groups in total. The summed E-state index contributed by atoms with van der Waals surface area (Å²) in [5.74, 6) is 2.27. The molecule has 122 valence electrons. The number of nitrogens with zero attached hydrogens (tertiary/aromatic N) is 1. The summed E-state index contributed by atoms with van der Waals surface area (Å²) in [6.07, 6.45) is 0. The third kappa shape index (κ3) is 5.19. The van der Waals surface area contributed by atoms with Gasteiger partial charge in [-0.15, -0.1) is 24.0 Å². The zero-order valence-electron chi connectivity index (χ0n) is 13.7. The molecule has 0 saturated heterocycles. The molecule has 1 aromatic heterocycles. The highest BCUT2D eigenvalue weighted by Gasteiger charge is 2.09. The van der Waals surface area contributed by atoms with Gasteiger partial charge in [0, 0.05) is 18.0 Å². The zero-order chi connectivity index (χ0) is 15.2. The Balaban J connectivity index is 0.00000242. The average Bonchev–Trinajstić information content (AvgIpc) is 2.87. The minimum Gasteiger partial charge on any atom is -0.459 e. The van der Waals surface area contributed by atoms with Crippen molar-refractivity contribution >= 4 is 40.9 Å². The number of fused-ring (bicyclic) bond motifs is 1. The van der Waals surface area contributed by atoms with E-state index in [1.54, 1.807) is 0 Å². The van der Waals surface area contributed by atoms with E-state index in [4.69, 9.17) is 4.42 Å². The summed E-state index contributed by atoms with van der Waals surface area (Å²) in [5, 5.41) is 7.81. The van der Waals surface area contributed by atoms with E-state index >= 15 is 0 Å². The maximum Gasteiger partial charge on any atom is 0.191 e. The predicted octanol–water partition coefficient (Wildman–Crippen LogP) is 4.15. The van der Waals surface area contributed by atoms with Gasteiger partial charge in [0.1, 0.15) is 17.9 Å². The number of hydrogen-bond donors (Lipinski definition) is 2. The fourth-order valence-corrected chi connectivity index (χ4v) is 1.97. The Morgan fingerprint density at radius 3 is 2.59 bits per heavy atom. The van der Waals surface area contributed by atoms with E-state index in [-0.39, 0.29) is 24.0 Å².